The van der Waals surface area contributed by atoms with Gasteiger partial charge in [-0.2, -0.15) is 13.2 Å². The Morgan fingerprint density at radius 1 is 1.09 bits per heavy atom. The lowest BCUT2D eigenvalue weighted by Crippen LogP contribution is -2.60. The fourth-order valence-corrected chi connectivity index (χ4v) is 5.96. The van der Waals surface area contributed by atoms with Gasteiger partial charge in [-0.05, 0) is 29.7 Å². The van der Waals surface area contributed by atoms with Crippen LogP contribution in [0.1, 0.15) is 40.1 Å². The first-order chi connectivity index (χ1) is 16.6. The van der Waals surface area contributed by atoms with Gasteiger partial charge in [0.25, 0.3) is 5.91 Å². The topological polar surface area (TPSA) is 65.8 Å². The number of nitrogens with zero attached hydrogens (tertiary/aromatic N) is 3. The van der Waals surface area contributed by atoms with Gasteiger partial charge in [0.1, 0.15) is 12.7 Å². The molecule has 0 aliphatic carbocycles. The Balaban J connectivity index is 1.79. The summed E-state index contributed by atoms with van der Waals surface area (Å²) in [5.41, 5.74) is 1.14. The number of amides is 1. The van der Waals surface area contributed by atoms with E-state index in [1.54, 1.807) is 17.1 Å². The minimum atomic E-state index is -4.72. The number of carbonyl (C=O) groups is 1. The van der Waals surface area contributed by atoms with Crippen molar-refractivity contribution >= 4 is 29.3 Å². The average molecular weight is 522 g/mol. The number of pyridine rings is 1. The highest BCUT2D eigenvalue weighted by atomic mass is 35.5. The highest BCUT2D eigenvalue weighted by molar-refractivity contribution is 7.98. The van der Waals surface area contributed by atoms with Gasteiger partial charge in [-0.1, -0.05) is 48.0 Å². The first kappa shape index (κ1) is 23.6. The predicted molar refractivity (Wildman–Crippen MR) is 126 cm³/mol. The lowest BCUT2D eigenvalue weighted by molar-refractivity contribution is -0.173. The van der Waals surface area contributed by atoms with E-state index in [0.29, 0.717) is 15.7 Å². The van der Waals surface area contributed by atoms with Gasteiger partial charge in [-0.3, -0.25) is 19.3 Å². The molecule has 182 valence electrons. The number of aromatic nitrogens is 1. The molecule has 3 aromatic rings. The zero-order chi connectivity index (χ0) is 25.1. The molecule has 5 rings (SSSR count). The maximum absolute atomic E-state index is 13.8. The fraction of sp³-hybridized carbons (Fsp3) is 0.250. The molecule has 0 saturated heterocycles. The van der Waals surface area contributed by atoms with E-state index in [9.17, 15) is 27.9 Å². The standard InChI is InChI=1S/C24H19ClF3N3O3S/c1-13(24(26,27)28)29-12-31(30-10-9-18(32)21(33)20(30)23(29)34)19-15-6-3-2-5-14(15)11-35-22-16(19)7-4-8-17(22)25/h2-10,13,19,33H,11-12H2,1H3. The van der Waals surface area contributed by atoms with Gasteiger partial charge in [-0.25, -0.2) is 0 Å². The molecule has 2 unspecified atom stereocenters. The van der Waals surface area contributed by atoms with Gasteiger partial charge < -0.3 is 10.0 Å². The monoisotopic (exact) mass is 521 g/mol. The Bertz CT molecular complexity index is 1390. The fourth-order valence-electron chi connectivity index (χ4n) is 4.50. The average Bonchev–Trinajstić information content (AvgIpc) is 2.98. The van der Waals surface area contributed by atoms with Crippen LogP contribution in [-0.4, -0.2) is 39.5 Å². The van der Waals surface area contributed by atoms with Crippen LogP contribution in [0.4, 0.5) is 13.2 Å². The summed E-state index contributed by atoms with van der Waals surface area (Å²) in [6.45, 7) is 0.440. The van der Waals surface area contributed by atoms with Crippen LogP contribution in [-0.2, 0) is 5.75 Å². The van der Waals surface area contributed by atoms with Crippen LogP contribution < -0.4 is 10.4 Å². The molecule has 1 N–H and O–H groups in total. The second-order valence-electron chi connectivity index (χ2n) is 8.34. The Labute approximate surface area is 207 Å². The maximum atomic E-state index is 13.8. The highest BCUT2D eigenvalue weighted by Crippen LogP contribution is 2.45. The van der Waals surface area contributed by atoms with E-state index < -0.39 is 47.7 Å². The normalized spacial score (nSPS) is 18.4. The SMILES string of the molecule is CC(N1CN(C2c3ccccc3CSc3c(Cl)cccc32)n2ccc(=O)c(O)c2C1=O)C(F)(F)F. The molecule has 0 radical (unpaired) electrons. The Morgan fingerprint density at radius 2 is 1.80 bits per heavy atom. The molecule has 2 atom stereocenters. The quantitative estimate of drug-likeness (QED) is 0.519. The Hall–Kier alpha value is -3.11. The number of fused-ring (bicyclic) bond motifs is 3. The molecule has 0 saturated carbocycles. The van der Waals surface area contributed by atoms with Crippen LogP contribution in [0.25, 0.3) is 0 Å². The number of hydrogen-bond donors (Lipinski definition) is 1. The number of rotatable bonds is 2. The molecule has 1 aromatic heterocycles. The van der Waals surface area contributed by atoms with E-state index >= 15 is 0 Å². The third kappa shape index (κ3) is 3.84. The van der Waals surface area contributed by atoms with Crippen molar-refractivity contribution in [3.63, 3.8) is 0 Å². The second-order valence-corrected chi connectivity index (χ2v) is 9.74. The minimum Gasteiger partial charge on any atom is -0.502 e. The number of carbonyl (C=O) groups excluding carboxylic acids is 1. The van der Waals surface area contributed by atoms with E-state index in [2.05, 4.69) is 0 Å². The van der Waals surface area contributed by atoms with Crippen molar-refractivity contribution in [1.29, 1.82) is 0 Å². The molecule has 3 heterocycles. The zero-order valence-corrected chi connectivity index (χ0v) is 19.9. The molecular formula is C24H19ClF3N3O3S. The summed E-state index contributed by atoms with van der Waals surface area (Å²) in [4.78, 5) is 26.8. The zero-order valence-electron chi connectivity index (χ0n) is 18.3. The number of halogens is 4. The molecule has 2 aromatic carbocycles. The van der Waals surface area contributed by atoms with E-state index in [-0.39, 0.29) is 0 Å². The molecule has 1 amide bonds. The Morgan fingerprint density at radius 3 is 2.54 bits per heavy atom. The number of benzene rings is 2. The van der Waals surface area contributed by atoms with Gasteiger partial charge in [0, 0.05) is 22.9 Å². The lowest BCUT2D eigenvalue weighted by Gasteiger charge is -2.46. The van der Waals surface area contributed by atoms with Gasteiger partial charge in [-0.15, -0.1) is 11.8 Å². The molecule has 0 fully saturated rings. The molecule has 0 bridgehead atoms. The molecule has 0 spiro atoms. The summed E-state index contributed by atoms with van der Waals surface area (Å²) in [6, 6.07) is 11.1. The summed E-state index contributed by atoms with van der Waals surface area (Å²) >= 11 is 8.05. The van der Waals surface area contributed by atoms with Crippen molar-refractivity contribution < 1.29 is 23.1 Å². The van der Waals surface area contributed by atoms with Crippen molar-refractivity contribution in [3.05, 3.63) is 92.4 Å². The first-order valence-electron chi connectivity index (χ1n) is 10.7. The van der Waals surface area contributed by atoms with Crippen molar-refractivity contribution in [2.75, 3.05) is 11.7 Å². The summed E-state index contributed by atoms with van der Waals surface area (Å²) in [5, 5.41) is 12.6. The van der Waals surface area contributed by atoms with E-state index in [1.807, 2.05) is 30.3 Å². The smallest absolute Gasteiger partial charge is 0.408 e. The van der Waals surface area contributed by atoms with Gasteiger partial charge in [0.05, 0.1) is 11.1 Å². The summed E-state index contributed by atoms with van der Waals surface area (Å²) < 4.78 is 42.6. The van der Waals surface area contributed by atoms with Crippen LogP contribution in [0.5, 0.6) is 5.75 Å². The van der Waals surface area contributed by atoms with Crippen molar-refractivity contribution in [3.8, 4) is 5.75 Å². The lowest BCUT2D eigenvalue weighted by atomic mass is 9.94. The largest absolute Gasteiger partial charge is 0.502 e. The number of aromatic hydroxyl groups is 1. The van der Waals surface area contributed by atoms with Gasteiger partial charge >= 0.3 is 6.18 Å². The number of alkyl halides is 3. The van der Waals surface area contributed by atoms with Crippen LogP contribution >= 0.6 is 23.4 Å². The molecule has 35 heavy (non-hydrogen) atoms. The van der Waals surface area contributed by atoms with Crippen LogP contribution in [0.15, 0.2) is 64.4 Å². The summed E-state index contributed by atoms with van der Waals surface area (Å²) in [6.07, 6.45) is -3.41. The Kier molecular flexibility index (Phi) is 5.76. The third-order valence-corrected chi connectivity index (χ3v) is 7.97. The van der Waals surface area contributed by atoms with Crippen molar-refractivity contribution in [2.24, 2.45) is 0 Å². The summed E-state index contributed by atoms with van der Waals surface area (Å²) in [5.74, 6) is -1.39. The molecular weight excluding hydrogens is 503 g/mol. The van der Waals surface area contributed by atoms with Gasteiger partial charge in [0.2, 0.25) is 5.43 Å². The van der Waals surface area contributed by atoms with Crippen LogP contribution in [0, 0.1) is 0 Å². The number of thioether (sulfide) groups is 1. The second kappa shape index (κ2) is 8.53. The molecule has 6 nitrogen and oxygen atoms in total. The maximum Gasteiger partial charge on any atom is 0.408 e. The minimum absolute atomic E-state index is 0.440. The summed E-state index contributed by atoms with van der Waals surface area (Å²) in [7, 11) is 0. The van der Waals surface area contributed by atoms with Crippen LogP contribution in [0.3, 0.4) is 0 Å². The van der Waals surface area contributed by atoms with Crippen molar-refractivity contribution in [1.82, 2.24) is 9.58 Å². The highest BCUT2D eigenvalue weighted by Gasteiger charge is 2.47. The molecule has 2 aliphatic heterocycles. The molecule has 11 heteroatoms. The van der Waals surface area contributed by atoms with E-state index in [1.165, 1.54) is 22.6 Å². The van der Waals surface area contributed by atoms with Crippen molar-refractivity contribution in [2.45, 2.75) is 35.8 Å². The number of hydrogen-bond acceptors (Lipinski definition) is 5. The first-order valence-corrected chi connectivity index (χ1v) is 12.0. The van der Waals surface area contributed by atoms with Crippen LogP contribution in [0.2, 0.25) is 5.02 Å². The van der Waals surface area contributed by atoms with E-state index in [4.69, 9.17) is 11.6 Å². The molecule has 2 aliphatic rings. The predicted octanol–water partition coefficient (Wildman–Crippen LogP) is 4.90. The third-order valence-electron chi connectivity index (χ3n) is 6.34. The van der Waals surface area contributed by atoms with E-state index in [0.717, 1.165) is 34.6 Å². The van der Waals surface area contributed by atoms with Gasteiger partial charge in [0.15, 0.2) is 11.4 Å².